The second-order valence-electron chi connectivity index (χ2n) is 5.88. The van der Waals surface area contributed by atoms with Crippen LogP contribution in [0, 0.1) is 0 Å². The number of halogens is 2. The monoisotopic (exact) mass is 372 g/mol. The fourth-order valence-corrected chi connectivity index (χ4v) is 3.34. The molecule has 1 aromatic rings. The standard InChI is InChI=1S/C16H21BrN2O.ClH/c17-13-4-1-3-12(9-13)11-19(15-6-7-15)16(20)10-14-5-2-8-18-14;/h1,3-4,9,14-15,18H,2,5-8,10-11H2;1H. The molecule has 1 N–H and O–H groups in total. The quantitative estimate of drug-likeness (QED) is 0.856. The third-order valence-electron chi connectivity index (χ3n) is 4.13. The number of benzene rings is 1. The number of nitrogens with zero attached hydrogens (tertiary/aromatic N) is 1. The summed E-state index contributed by atoms with van der Waals surface area (Å²) in [5.74, 6) is 0.312. The number of carbonyl (C=O) groups excluding carboxylic acids is 1. The van der Waals surface area contributed by atoms with Crippen molar-refractivity contribution in [2.24, 2.45) is 0 Å². The smallest absolute Gasteiger partial charge is 0.224 e. The van der Waals surface area contributed by atoms with Gasteiger partial charge >= 0.3 is 0 Å². The van der Waals surface area contributed by atoms with Crippen LogP contribution in [0.4, 0.5) is 0 Å². The van der Waals surface area contributed by atoms with Gasteiger partial charge in [-0.15, -0.1) is 12.4 Å². The highest BCUT2D eigenvalue weighted by molar-refractivity contribution is 9.10. The maximum atomic E-state index is 12.5. The first kappa shape index (κ1) is 16.8. The van der Waals surface area contributed by atoms with Gasteiger partial charge in [-0.3, -0.25) is 4.79 Å². The second kappa shape index (κ2) is 7.61. The Hall–Kier alpha value is -0.580. The van der Waals surface area contributed by atoms with Crippen molar-refractivity contribution >= 4 is 34.2 Å². The molecule has 3 rings (SSSR count). The van der Waals surface area contributed by atoms with Gasteiger partial charge in [0.25, 0.3) is 0 Å². The highest BCUT2D eigenvalue weighted by atomic mass is 79.9. The molecule has 2 fully saturated rings. The van der Waals surface area contributed by atoms with E-state index >= 15 is 0 Å². The molecule has 2 aliphatic rings. The summed E-state index contributed by atoms with van der Waals surface area (Å²) in [4.78, 5) is 14.6. The van der Waals surface area contributed by atoms with E-state index in [4.69, 9.17) is 0 Å². The summed E-state index contributed by atoms with van der Waals surface area (Å²) in [5, 5.41) is 3.42. The average molecular weight is 374 g/mol. The predicted octanol–water partition coefficient (Wildman–Crippen LogP) is 3.50. The third kappa shape index (κ3) is 4.70. The van der Waals surface area contributed by atoms with E-state index in [1.54, 1.807) is 0 Å². The molecule has 21 heavy (non-hydrogen) atoms. The van der Waals surface area contributed by atoms with Crippen LogP contribution in [0.1, 0.15) is 37.7 Å². The average Bonchev–Trinajstić information content (AvgIpc) is 3.14. The Morgan fingerprint density at radius 3 is 2.76 bits per heavy atom. The minimum absolute atomic E-state index is 0. The molecule has 0 spiro atoms. The molecule has 0 aromatic heterocycles. The van der Waals surface area contributed by atoms with Crippen molar-refractivity contribution in [3.05, 3.63) is 34.3 Å². The largest absolute Gasteiger partial charge is 0.335 e. The molecule has 3 nitrogen and oxygen atoms in total. The van der Waals surface area contributed by atoms with Gasteiger partial charge in [0.05, 0.1) is 0 Å². The summed E-state index contributed by atoms with van der Waals surface area (Å²) in [5.41, 5.74) is 1.21. The van der Waals surface area contributed by atoms with Crippen molar-refractivity contribution in [2.45, 2.75) is 50.7 Å². The Morgan fingerprint density at radius 1 is 1.33 bits per heavy atom. The first-order valence-corrected chi connectivity index (χ1v) is 8.29. The number of carbonyl (C=O) groups is 1. The summed E-state index contributed by atoms with van der Waals surface area (Å²) >= 11 is 3.50. The first-order valence-electron chi connectivity index (χ1n) is 7.49. The van der Waals surface area contributed by atoms with Crippen molar-refractivity contribution < 1.29 is 4.79 Å². The Kier molecular flexibility index (Phi) is 6.08. The van der Waals surface area contributed by atoms with Gasteiger partial charge in [0.1, 0.15) is 0 Å². The summed E-state index contributed by atoms with van der Waals surface area (Å²) in [7, 11) is 0. The molecule has 1 unspecified atom stereocenters. The molecule has 1 heterocycles. The zero-order chi connectivity index (χ0) is 13.9. The lowest BCUT2D eigenvalue weighted by molar-refractivity contribution is -0.132. The number of amides is 1. The molecule has 1 atom stereocenters. The van der Waals surface area contributed by atoms with Crippen molar-refractivity contribution in [2.75, 3.05) is 6.54 Å². The Labute approximate surface area is 141 Å². The van der Waals surface area contributed by atoms with Crippen molar-refractivity contribution in [3.63, 3.8) is 0 Å². The van der Waals surface area contributed by atoms with E-state index in [2.05, 4.69) is 38.3 Å². The Morgan fingerprint density at radius 2 is 2.14 bits per heavy atom. The highest BCUT2D eigenvalue weighted by Crippen LogP contribution is 2.30. The molecule has 1 aliphatic heterocycles. The van der Waals surface area contributed by atoms with Gasteiger partial charge in [-0.2, -0.15) is 0 Å². The van der Waals surface area contributed by atoms with Gasteiger partial charge < -0.3 is 10.2 Å². The summed E-state index contributed by atoms with van der Waals surface area (Å²) in [6.07, 6.45) is 5.33. The molecule has 0 bridgehead atoms. The van der Waals surface area contributed by atoms with Crippen LogP contribution in [0.3, 0.4) is 0 Å². The molecular formula is C16H22BrClN2O. The number of hydrogen-bond acceptors (Lipinski definition) is 2. The molecule has 1 aromatic carbocycles. The van der Waals surface area contributed by atoms with E-state index in [-0.39, 0.29) is 12.4 Å². The fraction of sp³-hybridized carbons (Fsp3) is 0.562. The molecule has 1 saturated carbocycles. The minimum atomic E-state index is 0. The van der Waals surface area contributed by atoms with Crippen LogP contribution >= 0.6 is 28.3 Å². The third-order valence-corrected chi connectivity index (χ3v) is 4.63. The van der Waals surface area contributed by atoms with E-state index in [0.717, 1.165) is 36.8 Å². The lowest BCUT2D eigenvalue weighted by Gasteiger charge is -2.24. The van der Waals surface area contributed by atoms with E-state index in [1.165, 1.54) is 12.0 Å². The van der Waals surface area contributed by atoms with Crippen molar-refractivity contribution in [3.8, 4) is 0 Å². The molecule has 0 radical (unpaired) electrons. The number of rotatable bonds is 5. The van der Waals surface area contributed by atoms with Crippen molar-refractivity contribution in [1.29, 1.82) is 0 Å². The van der Waals surface area contributed by atoms with E-state index in [0.29, 0.717) is 24.4 Å². The first-order chi connectivity index (χ1) is 9.72. The normalized spacial score (nSPS) is 20.9. The van der Waals surface area contributed by atoms with Gasteiger partial charge in [-0.05, 0) is 49.9 Å². The van der Waals surface area contributed by atoms with Crippen LogP contribution in [-0.2, 0) is 11.3 Å². The lowest BCUT2D eigenvalue weighted by Crippen LogP contribution is -2.37. The van der Waals surface area contributed by atoms with E-state index < -0.39 is 0 Å². The number of hydrogen-bond donors (Lipinski definition) is 1. The second-order valence-corrected chi connectivity index (χ2v) is 6.80. The van der Waals surface area contributed by atoms with Gasteiger partial charge in [-0.1, -0.05) is 28.1 Å². The molecular weight excluding hydrogens is 352 g/mol. The molecule has 116 valence electrons. The molecule has 1 amide bonds. The van der Waals surface area contributed by atoms with E-state index in [1.807, 2.05) is 12.1 Å². The van der Waals surface area contributed by atoms with Crippen molar-refractivity contribution in [1.82, 2.24) is 10.2 Å². The maximum Gasteiger partial charge on any atom is 0.224 e. The van der Waals surface area contributed by atoms with Crippen LogP contribution in [0.15, 0.2) is 28.7 Å². The van der Waals surface area contributed by atoms with Gasteiger partial charge in [0.15, 0.2) is 0 Å². The summed E-state index contributed by atoms with van der Waals surface area (Å²) in [6.45, 7) is 1.81. The Balaban J connectivity index is 0.00000161. The number of nitrogens with one attached hydrogen (secondary N) is 1. The van der Waals surface area contributed by atoms with Crippen LogP contribution in [0.5, 0.6) is 0 Å². The van der Waals surface area contributed by atoms with Gasteiger partial charge in [-0.25, -0.2) is 0 Å². The predicted molar refractivity (Wildman–Crippen MR) is 90.6 cm³/mol. The summed E-state index contributed by atoms with van der Waals surface area (Å²) in [6, 6.07) is 9.13. The maximum absolute atomic E-state index is 12.5. The van der Waals surface area contributed by atoms with Gasteiger partial charge in [0.2, 0.25) is 5.91 Å². The summed E-state index contributed by atoms with van der Waals surface area (Å²) < 4.78 is 1.08. The van der Waals surface area contributed by atoms with Crippen LogP contribution < -0.4 is 5.32 Å². The Bertz CT molecular complexity index is 487. The topological polar surface area (TPSA) is 32.3 Å². The van der Waals surface area contributed by atoms with Gasteiger partial charge in [0, 0.05) is 29.5 Å². The highest BCUT2D eigenvalue weighted by Gasteiger charge is 2.33. The zero-order valence-electron chi connectivity index (χ0n) is 12.1. The van der Waals surface area contributed by atoms with Crippen LogP contribution in [0.2, 0.25) is 0 Å². The van der Waals surface area contributed by atoms with Crippen LogP contribution in [-0.4, -0.2) is 29.4 Å². The van der Waals surface area contributed by atoms with Crippen LogP contribution in [0.25, 0.3) is 0 Å². The SMILES string of the molecule is Cl.O=C(CC1CCCN1)N(Cc1cccc(Br)c1)C1CC1. The zero-order valence-corrected chi connectivity index (χ0v) is 14.5. The van der Waals surface area contributed by atoms with E-state index in [9.17, 15) is 4.79 Å². The minimum Gasteiger partial charge on any atom is -0.335 e. The molecule has 1 saturated heterocycles. The molecule has 1 aliphatic carbocycles. The molecule has 5 heteroatoms. The fourth-order valence-electron chi connectivity index (χ4n) is 2.90. The lowest BCUT2D eigenvalue weighted by atomic mass is 10.1.